The highest BCUT2D eigenvalue weighted by Gasteiger charge is 2.15. The van der Waals surface area contributed by atoms with Crippen LogP contribution in [0.4, 0.5) is 0 Å². The fourth-order valence-electron chi connectivity index (χ4n) is 4.65. The molecule has 0 atom stereocenters. The largest absolute Gasteiger partial charge is 0.493 e. The highest BCUT2D eigenvalue weighted by Crippen LogP contribution is 2.30. The summed E-state index contributed by atoms with van der Waals surface area (Å²) in [5.41, 5.74) is 8.90. The van der Waals surface area contributed by atoms with E-state index in [2.05, 4.69) is 67.0 Å². The number of nitriles is 1. The first-order chi connectivity index (χ1) is 16.6. The summed E-state index contributed by atoms with van der Waals surface area (Å²) >= 11 is 0. The number of hydrogen-bond donors (Lipinski definition) is 0. The van der Waals surface area contributed by atoms with Gasteiger partial charge in [-0.25, -0.2) is 9.97 Å². The molecular weight excluding hydrogens is 420 g/mol. The van der Waals surface area contributed by atoms with Crippen molar-refractivity contribution in [3.63, 3.8) is 0 Å². The minimum atomic E-state index is 0.664. The molecule has 4 aromatic rings. The van der Waals surface area contributed by atoms with E-state index in [9.17, 15) is 5.26 Å². The molecule has 1 aliphatic heterocycles. The zero-order valence-electron chi connectivity index (χ0n) is 19.9. The third-order valence-corrected chi connectivity index (χ3v) is 6.38. The maximum absolute atomic E-state index is 9.70. The molecule has 170 valence electrons. The first kappa shape index (κ1) is 21.9. The molecule has 0 amide bonds. The molecule has 0 saturated carbocycles. The molecule has 0 saturated heterocycles. The number of rotatable bonds is 5. The van der Waals surface area contributed by atoms with E-state index in [1.807, 2.05) is 19.1 Å². The number of ether oxygens (including phenoxy) is 1. The van der Waals surface area contributed by atoms with Gasteiger partial charge in [0.05, 0.1) is 24.8 Å². The Morgan fingerprint density at radius 2 is 1.82 bits per heavy atom. The maximum atomic E-state index is 9.70. The van der Waals surface area contributed by atoms with Crippen LogP contribution in [0, 0.1) is 25.2 Å². The minimum absolute atomic E-state index is 0.664. The van der Waals surface area contributed by atoms with Crippen LogP contribution in [0.1, 0.15) is 53.5 Å². The van der Waals surface area contributed by atoms with Crippen LogP contribution in [-0.4, -0.2) is 21.1 Å². The van der Waals surface area contributed by atoms with Crippen LogP contribution < -0.4 is 0 Å². The molecule has 3 heterocycles. The highest BCUT2D eigenvalue weighted by molar-refractivity contribution is 5.77. The molecule has 5 rings (SSSR count). The number of fused-ring (bicyclic) bond motifs is 1. The molecule has 0 spiro atoms. The lowest BCUT2D eigenvalue weighted by Crippen LogP contribution is -2.05. The lowest BCUT2D eigenvalue weighted by atomic mass is 9.96. The Hall–Kier alpha value is -3.91. The van der Waals surface area contributed by atoms with Gasteiger partial charge < -0.3 is 9.30 Å². The van der Waals surface area contributed by atoms with Gasteiger partial charge in [-0.2, -0.15) is 5.26 Å². The number of aromatic nitrogens is 3. The second-order valence-corrected chi connectivity index (χ2v) is 8.85. The zero-order valence-corrected chi connectivity index (χ0v) is 19.9. The predicted octanol–water partition coefficient (Wildman–Crippen LogP) is 6.35. The van der Waals surface area contributed by atoms with E-state index in [4.69, 9.17) is 14.7 Å². The predicted molar refractivity (Wildman–Crippen MR) is 135 cm³/mol. The second kappa shape index (κ2) is 9.15. The molecule has 0 unspecified atom stereocenters. The van der Waals surface area contributed by atoms with Crippen molar-refractivity contribution in [3.8, 4) is 17.2 Å². The van der Waals surface area contributed by atoms with E-state index >= 15 is 0 Å². The monoisotopic (exact) mass is 448 g/mol. The smallest absolute Gasteiger partial charge is 0.160 e. The van der Waals surface area contributed by atoms with E-state index in [0.29, 0.717) is 12.1 Å². The van der Waals surface area contributed by atoms with Crippen LogP contribution in [0.5, 0.6) is 0 Å². The van der Waals surface area contributed by atoms with E-state index < -0.39 is 0 Å². The van der Waals surface area contributed by atoms with Crippen LogP contribution in [0.15, 0.2) is 54.6 Å². The Kier molecular flexibility index (Phi) is 5.90. The van der Waals surface area contributed by atoms with Gasteiger partial charge in [-0.15, -0.1) is 0 Å². The summed E-state index contributed by atoms with van der Waals surface area (Å²) in [5.74, 6) is 1.95. The zero-order chi connectivity index (χ0) is 23.7. The number of benzene rings is 2. The third kappa shape index (κ3) is 4.08. The van der Waals surface area contributed by atoms with E-state index in [1.165, 1.54) is 5.56 Å². The first-order valence-corrected chi connectivity index (χ1v) is 11.9. The topological polar surface area (TPSA) is 63.7 Å². The quantitative estimate of drug-likeness (QED) is 0.357. The normalized spacial score (nSPS) is 13.4. The summed E-state index contributed by atoms with van der Waals surface area (Å²) in [5, 5.41) is 9.70. The van der Waals surface area contributed by atoms with Crippen molar-refractivity contribution in [1.82, 2.24) is 14.5 Å². The van der Waals surface area contributed by atoms with Crippen LogP contribution in [-0.2, 0) is 17.7 Å². The number of aryl methyl sites for hydroxylation is 3. The van der Waals surface area contributed by atoms with Gasteiger partial charge >= 0.3 is 0 Å². The summed E-state index contributed by atoms with van der Waals surface area (Å²) in [4.78, 5) is 9.65. The van der Waals surface area contributed by atoms with Crippen molar-refractivity contribution in [2.75, 3.05) is 6.61 Å². The second-order valence-electron chi connectivity index (χ2n) is 8.85. The third-order valence-electron chi connectivity index (χ3n) is 6.38. The first-order valence-electron chi connectivity index (χ1n) is 11.9. The molecule has 0 N–H and O–H groups in total. The van der Waals surface area contributed by atoms with Gasteiger partial charge in [0.25, 0.3) is 0 Å². The van der Waals surface area contributed by atoms with Crippen molar-refractivity contribution in [1.29, 1.82) is 5.26 Å². The lowest BCUT2D eigenvalue weighted by molar-refractivity contribution is 0.259. The number of pyridine rings is 1. The molecule has 0 radical (unpaired) electrons. The Labute approximate surface area is 200 Å². The molecule has 0 aliphatic carbocycles. The summed E-state index contributed by atoms with van der Waals surface area (Å²) in [6, 6.07) is 18.8. The van der Waals surface area contributed by atoms with Crippen molar-refractivity contribution in [3.05, 3.63) is 88.4 Å². The van der Waals surface area contributed by atoms with E-state index in [-0.39, 0.29) is 0 Å². The number of imidazole rings is 1. The van der Waals surface area contributed by atoms with Gasteiger partial charge in [0.15, 0.2) is 5.65 Å². The van der Waals surface area contributed by atoms with Crippen molar-refractivity contribution < 1.29 is 4.74 Å². The van der Waals surface area contributed by atoms with Gasteiger partial charge in [0, 0.05) is 23.2 Å². The Morgan fingerprint density at radius 1 is 1.03 bits per heavy atom. The molecule has 5 nitrogen and oxygen atoms in total. The van der Waals surface area contributed by atoms with Gasteiger partial charge in [-0.05, 0) is 73.7 Å². The maximum Gasteiger partial charge on any atom is 0.160 e. The number of hydrogen-bond acceptors (Lipinski definition) is 4. The van der Waals surface area contributed by atoms with Crippen LogP contribution in [0.2, 0.25) is 0 Å². The van der Waals surface area contributed by atoms with Gasteiger partial charge in [-0.3, -0.25) is 0 Å². The molecule has 2 aromatic carbocycles. The van der Waals surface area contributed by atoms with Crippen molar-refractivity contribution in [2.24, 2.45) is 0 Å². The van der Waals surface area contributed by atoms with Gasteiger partial charge in [-0.1, -0.05) is 31.2 Å². The molecule has 34 heavy (non-hydrogen) atoms. The molecular formula is C29H28N4O. The molecule has 0 bridgehead atoms. The Bertz CT molecular complexity index is 1440. The lowest BCUT2D eigenvalue weighted by Gasteiger charge is -2.16. The highest BCUT2D eigenvalue weighted by atomic mass is 16.5. The van der Waals surface area contributed by atoms with Crippen LogP contribution in [0.25, 0.3) is 28.0 Å². The van der Waals surface area contributed by atoms with Crippen LogP contribution in [0.3, 0.4) is 0 Å². The van der Waals surface area contributed by atoms with E-state index in [0.717, 1.165) is 76.6 Å². The number of nitrogens with zero attached hydrogens (tertiary/aromatic N) is 4. The summed E-state index contributed by atoms with van der Waals surface area (Å²) < 4.78 is 8.06. The van der Waals surface area contributed by atoms with Gasteiger partial charge in [0.1, 0.15) is 17.1 Å². The molecule has 2 aromatic heterocycles. The number of allylic oxidation sites excluding steroid dienone is 1. The Balaban J connectivity index is 1.49. The summed E-state index contributed by atoms with van der Waals surface area (Å²) in [6.45, 7) is 7.70. The average Bonchev–Trinajstić information content (AvgIpc) is 3.22. The van der Waals surface area contributed by atoms with E-state index in [1.54, 1.807) is 0 Å². The SMILES string of the molecule is CCc1nc2c(C)cc(C)nc2n1Cc1ccc(-c2cc(C3=CCCCO3)ccc2C#N)cc1. The standard InChI is InChI=1S/C29H28N4O/c1-4-27-32-28-19(2)15-20(3)31-29(28)33(27)18-21-8-10-22(11-9-21)25-16-23(12-13-24(25)17-30)26-7-5-6-14-34-26/h7-13,15-16H,4-6,14,18H2,1-3H3. The van der Waals surface area contributed by atoms with Crippen molar-refractivity contribution in [2.45, 2.75) is 46.6 Å². The summed E-state index contributed by atoms with van der Waals surface area (Å²) in [6.07, 6.45) is 5.06. The fraction of sp³-hybridized carbons (Fsp3) is 0.276. The molecule has 1 aliphatic rings. The van der Waals surface area contributed by atoms with Gasteiger partial charge in [0.2, 0.25) is 0 Å². The minimum Gasteiger partial charge on any atom is -0.493 e. The molecule has 5 heteroatoms. The fourth-order valence-corrected chi connectivity index (χ4v) is 4.65. The van der Waals surface area contributed by atoms with Crippen molar-refractivity contribution >= 4 is 16.9 Å². The van der Waals surface area contributed by atoms with Crippen LogP contribution >= 0.6 is 0 Å². The Morgan fingerprint density at radius 3 is 2.53 bits per heavy atom. The summed E-state index contributed by atoms with van der Waals surface area (Å²) in [7, 11) is 0. The average molecular weight is 449 g/mol. The molecule has 0 fully saturated rings.